The van der Waals surface area contributed by atoms with Gasteiger partial charge in [0, 0.05) is 30.2 Å². The van der Waals surface area contributed by atoms with Gasteiger partial charge in [-0.25, -0.2) is 0 Å². The van der Waals surface area contributed by atoms with Gasteiger partial charge in [0.25, 0.3) is 0 Å². The van der Waals surface area contributed by atoms with Crippen molar-refractivity contribution in [3.63, 3.8) is 0 Å². The van der Waals surface area contributed by atoms with Gasteiger partial charge in [0.2, 0.25) is 0 Å². The maximum absolute atomic E-state index is 5.97. The van der Waals surface area contributed by atoms with E-state index >= 15 is 0 Å². The van der Waals surface area contributed by atoms with Crippen molar-refractivity contribution in [2.75, 3.05) is 19.6 Å². The number of halogens is 1. The summed E-state index contributed by atoms with van der Waals surface area (Å²) in [6, 6.07) is 9.33. The van der Waals surface area contributed by atoms with Crippen molar-refractivity contribution in [2.24, 2.45) is 5.92 Å². The number of nitrogens with zero attached hydrogens (tertiary/aromatic N) is 1. The molecular formula is C16H25ClN2. The lowest BCUT2D eigenvalue weighted by Crippen LogP contribution is -2.42. The third-order valence-electron chi connectivity index (χ3n) is 4.16. The molecule has 106 valence electrons. The van der Waals surface area contributed by atoms with Gasteiger partial charge >= 0.3 is 0 Å². The van der Waals surface area contributed by atoms with Crippen molar-refractivity contribution in [1.29, 1.82) is 0 Å². The highest BCUT2D eigenvalue weighted by atomic mass is 35.5. The molecule has 1 heterocycles. The molecule has 2 atom stereocenters. The van der Waals surface area contributed by atoms with Gasteiger partial charge in [-0.2, -0.15) is 0 Å². The molecule has 1 aromatic carbocycles. The van der Waals surface area contributed by atoms with Crippen molar-refractivity contribution in [1.82, 2.24) is 10.2 Å². The van der Waals surface area contributed by atoms with Crippen LogP contribution >= 0.6 is 11.6 Å². The van der Waals surface area contributed by atoms with Crippen LogP contribution in [0, 0.1) is 5.92 Å². The fourth-order valence-corrected chi connectivity index (χ4v) is 2.85. The van der Waals surface area contributed by atoms with Crippen LogP contribution < -0.4 is 5.32 Å². The van der Waals surface area contributed by atoms with Crippen molar-refractivity contribution in [2.45, 2.75) is 39.3 Å². The SMILES string of the molecule is CC(C)C1CN(C(C)c2ccc(Cl)cc2)CCCN1. The van der Waals surface area contributed by atoms with Crippen LogP contribution in [-0.2, 0) is 0 Å². The molecule has 19 heavy (non-hydrogen) atoms. The Hall–Kier alpha value is -0.570. The van der Waals surface area contributed by atoms with Crippen molar-refractivity contribution in [3.05, 3.63) is 34.9 Å². The third-order valence-corrected chi connectivity index (χ3v) is 4.42. The van der Waals surface area contributed by atoms with Crippen LogP contribution in [0.25, 0.3) is 0 Å². The molecule has 0 aromatic heterocycles. The molecule has 1 aliphatic heterocycles. The average molecular weight is 281 g/mol. The molecule has 1 saturated heterocycles. The second kappa shape index (κ2) is 6.74. The summed E-state index contributed by atoms with van der Waals surface area (Å²) in [5.74, 6) is 0.679. The molecule has 1 fully saturated rings. The van der Waals surface area contributed by atoms with Gasteiger partial charge in [0.15, 0.2) is 0 Å². The predicted octanol–water partition coefficient (Wildman–Crippen LogP) is 3.72. The first-order chi connectivity index (χ1) is 9.08. The summed E-state index contributed by atoms with van der Waals surface area (Å²) < 4.78 is 0. The van der Waals surface area contributed by atoms with E-state index in [1.165, 1.54) is 18.5 Å². The van der Waals surface area contributed by atoms with Crippen LogP contribution in [-0.4, -0.2) is 30.6 Å². The summed E-state index contributed by atoms with van der Waals surface area (Å²) >= 11 is 5.97. The second-order valence-electron chi connectivity index (χ2n) is 5.88. The number of rotatable bonds is 3. The smallest absolute Gasteiger partial charge is 0.0406 e. The zero-order chi connectivity index (χ0) is 13.8. The highest BCUT2D eigenvalue weighted by Crippen LogP contribution is 2.24. The average Bonchev–Trinajstić information content (AvgIpc) is 2.64. The van der Waals surface area contributed by atoms with E-state index in [2.05, 4.69) is 43.1 Å². The topological polar surface area (TPSA) is 15.3 Å². The largest absolute Gasteiger partial charge is 0.312 e. The minimum atomic E-state index is 0.457. The lowest BCUT2D eigenvalue weighted by molar-refractivity contribution is 0.192. The number of hydrogen-bond donors (Lipinski definition) is 1. The third kappa shape index (κ3) is 3.95. The molecule has 0 radical (unpaired) electrons. The molecular weight excluding hydrogens is 256 g/mol. The van der Waals surface area contributed by atoms with Gasteiger partial charge < -0.3 is 5.32 Å². The molecule has 2 unspecified atom stereocenters. The molecule has 1 aromatic rings. The Labute approximate surface area is 122 Å². The van der Waals surface area contributed by atoms with Gasteiger partial charge in [-0.15, -0.1) is 0 Å². The summed E-state index contributed by atoms with van der Waals surface area (Å²) in [5, 5.41) is 4.48. The zero-order valence-corrected chi connectivity index (χ0v) is 13.0. The van der Waals surface area contributed by atoms with E-state index < -0.39 is 0 Å². The molecule has 0 amide bonds. The van der Waals surface area contributed by atoms with Crippen LogP contribution in [0.4, 0.5) is 0 Å². The summed E-state index contributed by atoms with van der Waals surface area (Å²) in [5.41, 5.74) is 1.36. The van der Waals surface area contributed by atoms with Gasteiger partial charge in [-0.1, -0.05) is 37.6 Å². The summed E-state index contributed by atoms with van der Waals surface area (Å²) in [6.45, 7) is 10.3. The maximum Gasteiger partial charge on any atom is 0.0406 e. The van der Waals surface area contributed by atoms with E-state index in [0.717, 1.165) is 18.1 Å². The number of hydrogen-bond acceptors (Lipinski definition) is 2. The van der Waals surface area contributed by atoms with Crippen molar-refractivity contribution in [3.8, 4) is 0 Å². The molecule has 3 heteroatoms. The Bertz CT molecular complexity index is 388. The maximum atomic E-state index is 5.97. The van der Waals surface area contributed by atoms with E-state index in [4.69, 9.17) is 11.6 Å². The quantitative estimate of drug-likeness (QED) is 0.908. The van der Waals surface area contributed by atoms with E-state index in [-0.39, 0.29) is 0 Å². The lowest BCUT2D eigenvalue weighted by atomic mass is 10.0. The highest BCUT2D eigenvalue weighted by Gasteiger charge is 2.24. The molecule has 0 spiro atoms. The monoisotopic (exact) mass is 280 g/mol. The lowest BCUT2D eigenvalue weighted by Gasteiger charge is -2.32. The first-order valence-electron chi connectivity index (χ1n) is 7.31. The predicted molar refractivity (Wildman–Crippen MR) is 82.7 cm³/mol. The molecule has 2 rings (SSSR count). The Kier molecular flexibility index (Phi) is 5.26. The number of nitrogens with one attached hydrogen (secondary N) is 1. The molecule has 0 aliphatic carbocycles. The van der Waals surface area contributed by atoms with Crippen LogP contribution in [0.5, 0.6) is 0 Å². The molecule has 1 aliphatic rings. The second-order valence-corrected chi connectivity index (χ2v) is 6.32. The van der Waals surface area contributed by atoms with Gasteiger partial charge in [-0.3, -0.25) is 4.90 Å². The summed E-state index contributed by atoms with van der Waals surface area (Å²) in [4.78, 5) is 2.59. The Morgan fingerprint density at radius 2 is 1.89 bits per heavy atom. The van der Waals surface area contributed by atoms with E-state index in [1.807, 2.05) is 12.1 Å². The van der Waals surface area contributed by atoms with Crippen molar-refractivity contribution < 1.29 is 0 Å². The van der Waals surface area contributed by atoms with E-state index in [1.54, 1.807) is 0 Å². The van der Waals surface area contributed by atoms with Crippen molar-refractivity contribution >= 4 is 11.6 Å². The fourth-order valence-electron chi connectivity index (χ4n) is 2.73. The molecule has 2 nitrogen and oxygen atoms in total. The van der Waals surface area contributed by atoms with Gasteiger partial charge in [-0.05, 0) is 43.5 Å². The van der Waals surface area contributed by atoms with E-state index in [9.17, 15) is 0 Å². The Morgan fingerprint density at radius 3 is 2.53 bits per heavy atom. The van der Waals surface area contributed by atoms with Crippen LogP contribution in [0.2, 0.25) is 5.02 Å². The molecule has 0 saturated carbocycles. The Morgan fingerprint density at radius 1 is 1.21 bits per heavy atom. The fraction of sp³-hybridized carbons (Fsp3) is 0.625. The standard InChI is InChI=1S/C16H25ClN2/c1-12(2)16-11-19(10-4-9-18-16)13(3)14-5-7-15(17)8-6-14/h5-8,12-13,16,18H,4,9-11H2,1-3H3. The van der Waals surface area contributed by atoms with Crippen LogP contribution in [0.3, 0.4) is 0 Å². The van der Waals surface area contributed by atoms with Gasteiger partial charge in [0.1, 0.15) is 0 Å². The first-order valence-corrected chi connectivity index (χ1v) is 7.68. The van der Waals surface area contributed by atoms with Gasteiger partial charge in [0.05, 0.1) is 0 Å². The summed E-state index contributed by atoms with van der Waals surface area (Å²) in [6.07, 6.45) is 1.22. The number of benzene rings is 1. The highest BCUT2D eigenvalue weighted by molar-refractivity contribution is 6.30. The van der Waals surface area contributed by atoms with Crippen LogP contribution in [0.15, 0.2) is 24.3 Å². The molecule has 1 N–H and O–H groups in total. The van der Waals surface area contributed by atoms with E-state index in [0.29, 0.717) is 18.0 Å². The van der Waals surface area contributed by atoms with Crippen LogP contribution in [0.1, 0.15) is 38.8 Å². The minimum absolute atomic E-state index is 0.457. The Balaban J connectivity index is 2.08. The first kappa shape index (κ1) is 14.8. The summed E-state index contributed by atoms with van der Waals surface area (Å²) in [7, 11) is 0. The minimum Gasteiger partial charge on any atom is -0.312 e. The molecule has 0 bridgehead atoms. The zero-order valence-electron chi connectivity index (χ0n) is 12.2. The normalized spacial score (nSPS) is 23.3.